The molecule has 0 bridgehead atoms. The van der Waals surface area contributed by atoms with E-state index in [1.165, 1.54) is 0 Å². The molecule has 0 aliphatic carbocycles. The molecule has 1 aliphatic heterocycles. The molecule has 1 aliphatic rings. The molecule has 1 aromatic heterocycles. The molecule has 7 nitrogen and oxygen atoms in total. The summed E-state index contributed by atoms with van der Waals surface area (Å²) in [6, 6.07) is 17.5. The van der Waals surface area contributed by atoms with Crippen LogP contribution in [0, 0.1) is 13.8 Å². The molecule has 0 saturated heterocycles. The summed E-state index contributed by atoms with van der Waals surface area (Å²) in [4.78, 5) is 29.0. The summed E-state index contributed by atoms with van der Waals surface area (Å²) in [5, 5.41) is 7.69. The standard InChI is InChI=1S/C26H30N4O3/c1-18-11-12-19(2)22(15-18)30-24(31)23-16-21(20-9-6-5-7-10-20)28-29(23)17-26(30,3)25(32)27-13-8-14-33-4/h5-7,9-12,15-16H,8,13-14,17H2,1-4H3,(H,27,32)/t26-/m1/s1. The minimum atomic E-state index is -1.14. The number of hydrogen-bond acceptors (Lipinski definition) is 4. The van der Waals surface area contributed by atoms with E-state index in [1.807, 2.05) is 75.4 Å². The van der Waals surface area contributed by atoms with Crippen molar-refractivity contribution in [2.75, 3.05) is 25.2 Å². The summed E-state index contributed by atoms with van der Waals surface area (Å²) in [5.74, 6) is -0.450. The Labute approximate surface area is 194 Å². The van der Waals surface area contributed by atoms with Gasteiger partial charge in [-0.15, -0.1) is 0 Å². The number of fused-ring (bicyclic) bond motifs is 1. The van der Waals surface area contributed by atoms with Gasteiger partial charge >= 0.3 is 0 Å². The Morgan fingerprint density at radius 2 is 1.91 bits per heavy atom. The van der Waals surface area contributed by atoms with Gasteiger partial charge < -0.3 is 10.1 Å². The van der Waals surface area contributed by atoms with Crippen molar-refractivity contribution >= 4 is 17.5 Å². The predicted octanol–water partition coefficient (Wildman–Crippen LogP) is 3.74. The number of aromatic nitrogens is 2. The summed E-state index contributed by atoms with van der Waals surface area (Å²) in [7, 11) is 1.63. The van der Waals surface area contributed by atoms with Crippen molar-refractivity contribution in [3.63, 3.8) is 0 Å². The lowest BCUT2D eigenvalue weighted by molar-refractivity contribution is -0.126. The highest BCUT2D eigenvalue weighted by atomic mass is 16.5. The third-order valence-electron chi connectivity index (χ3n) is 6.13. The van der Waals surface area contributed by atoms with Crippen LogP contribution in [0.2, 0.25) is 0 Å². The number of nitrogens with zero attached hydrogens (tertiary/aromatic N) is 3. The second kappa shape index (κ2) is 9.19. The SMILES string of the molecule is COCCCNC(=O)[C@@]1(C)Cn2nc(-c3ccccc3)cc2C(=O)N1c1cc(C)ccc1C. The van der Waals surface area contributed by atoms with Gasteiger partial charge in [-0.05, 0) is 50.5 Å². The molecule has 0 radical (unpaired) electrons. The van der Waals surface area contributed by atoms with Crippen LogP contribution < -0.4 is 10.2 Å². The zero-order valence-electron chi connectivity index (χ0n) is 19.6. The highest BCUT2D eigenvalue weighted by Crippen LogP contribution is 2.36. The van der Waals surface area contributed by atoms with E-state index < -0.39 is 5.54 Å². The number of benzene rings is 2. The molecular formula is C26H30N4O3. The van der Waals surface area contributed by atoms with Crippen molar-refractivity contribution in [3.8, 4) is 11.3 Å². The van der Waals surface area contributed by atoms with Gasteiger partial charge in [-0.1, -0.05) is 42.5 Å². The first kappa shape index (κ1) is 22.7. The second-order valence-corrected chi connectivity index (χ2v) is 8.75. The average molecular weight is 447 g/mol. The summed E-state index contributed by atoms with van der Waals surface area (Å²) in [5.41, 5.74) is 3.66. The summed E-state index contributed by atoms with van der Waals surface area (Å²) in [6.07, 6.45) is 0.695. The molecule has 0 fully saturated rings. The molecule has 7 heteroatoms. The summed E-state index contributed by atoms with van der Waals surface area (Å²) in [6.45, 7) is 7.03. The van der Waals surface area contributed by atoms with Crippen LogP contribution in [-0.4, -0.2) is 47.4 Å². The molecule has 33 heavy (non-hydrogen) atoms. The van der Waals surface area contributed by atoms with E-state index >= 15 is 0 Å². The maximum atomic E-state index is 13.9. The van der Waals surface area contributed by atoms with E-state index in [4.69, 9.17) is 9.84 Å². The molecular weight excluding hydrogens is 416 g/mol. The normalized spacial score (nSPS) is 17.7. The van der Waals surface area contributed by atoms with E-state index in [0.29, 0.717) is 31.0 Å². The number of rotatable bonds is 7. The van der Waals surface area contributed by atoms with Gasteiger partial charge in [-0.2, -0.15) is 5.10 Å². The lowest BCUT2D eigenvalue weighted by Crippen LogP contribution is -2.64. The molecule has 0 saturated carbocycles. The van der Waals surface area contributed by atoms with Crippen LogP contribution in [0.5, 0.6) is 0 Å². The lowest BCUT2D eigenvalue weighted by atomic mass is 9.92. The summed E-state index contributed by atoms with van der Waals surface area (Å²) >= 11 is 0. The largest absolute Gasteiger partial charge is 0.385 e. The van der Waals surface area contributed by atoms with Crippen molar-refractivity contribution in [1.82, 2.24) is 15.1 Å². The van der Waals surface area contributed by atoms with Crippen molar-refractivity contribution < 1.29 is 14.3 Å². The molecule has 0 spiro atoms. The first-order valence-corrected chi connectivity index (χ1v) is 11.2. The first-order valence-electron chi connectivity index (χ1n) is 11.2. The summed E-state index contributed by atoms with van der Waals surface area (Å²) < 4.78 is 6.76. The number of hydrogen-bond donors (Lipinski definition) is 1. The number of carbonyl (C=O) groups is 2. The maximum Gasteiger partial charge on any atom is 0.277 e. The Morgan fingerprint density at radius 3 is 2.64 bits per heavy atom. The molecule has 172 valence electrons. The van der Waals surface area contributed by atoms with E-state index in [9.17, 15) is 9.59 Å². The third-order valence-corrected chi connectivity index (χ3v) is 6.13. The molecule has 2 amide bonds. The monoisotopic (exact) mass is 446 g/mol. The highest BCUT2D eigenvalue weighted by Gasteiger charge is 2.49. The second-order valence-electron chi connectivity index (χ2n) is 8.75. The predicted molar refractivity (Wildman–Crippen MR) is 128 cm³/mol. The topological polar surface area (TPSA) is 76.5 Å². The zero-order valence-corrected chi connectivity index (χ0v) is 19.6. The van der Waals surface area contributed by atoms with Crippen LogP contribution in [0.25, 0.3) is 11.3 Å². The van der Waals surface area contributed by atoms with E-state index in [-0.39, 0.29) is 18.4 Å². The van der Waals surface area contributed by atoms with Gasteiger partial charge in [-0.3, -0.25) is 19.2 Å². The van der Waals surface area contributed by atoms with Crippen LogP contribution in [0.4, 0.5) is 5.69 Å². The van der Waals surface area contributed by atoms with E-state index in [0.717, 1.165) is 22.4 Å². The molecule has 4 rings (SSSR count). The van der Waals surface area contributed by atoms with Gasteiger partial charge in [0.05, 0.1) is 12.2 Å². The number of carbonyl (C=O) groups excluding carboxylic acids is 2. The van der Waals surface area contributed by atoms with Crippen LogP contribution in [0.3, 0.4) is 0 Å². The number of methoxy groups -OCH3 is 1. The Kier molecular flexibility index (Phi) is 6.33. The minimum Gasteiger partial charge on any atom is -0.385 e. The maximum absolute atomic E-state index is 13.9. The van der Waals surface area contributed by atoms with E-state index in [2.05, 4.69) is 5.32 Å². The number of ether oxygens (including phenoxy) is 1. The van der Waals surface area contributed by atoms with Crippen molar-refractivity contribution in [2.24, 2.45) is 0 Å². The Hall–Kier alpha value is -3.45. The highest BCUT2D eigenvalue weighted by molar-refractivity contribution is 6.12. The molecule has 0 unspecified atom stereocenters. The smallest absolute Gasteiger partial charge is 0.277 e. The Morgan fingerprint density at radius 1 is 1.15 bits per heavy atom. The fraction of sp³-hybridized carbons (Fsp3) is 0.346. The quantitative estimate of drug-likeness (QED) is 0.561. The van der Waals surface area contributed by atoms with Gasteiger partial charge in [0.1, 0.15) is 11.2 Å². The van der Waals surface area contributed by atoms with Gasteiger partial charge in [0, 0.05) is 31.5 Å². The number of nitrogens with one attached hydrogen (secondary N) is 1. The van der Waals surface area contributed by atoms with Crippen molar-refractivity contribution in [3.05, 3.63) is 71.4 Å². The zero-order chi connectivity index (χ0) is 23.6. The van der Waals surface area contributed by atoms with Gasteiger partial charge in [0.2, 0.25) is 5.91 Å². The number of anilines is 1. The lowest BCUT2D eigenvalue weighted by Gasteiger charge is -2.43. The molecule has 3 aromatic rings. The van der Waals surface area contributed by atoms with Crippen molar-refractivity contribution in [2.45, 2.75) is 39.3 Å². The fourth-order valence-electron chi connectivity index (χ4n) is 4.28. The molecule has 1 N–H and O–H groups in total. The van der Waals surface area contributed by atoms with Crippen LogP contribution in [-0.2, 0) is 16.1 Å². The van der Waals surface area contributed by atoms with Crippen molar-refractivity contribution in [1.29, 1.82) is 0 Å². The van der Waals surface area contributed by atoms with Gasteiger partial charge in [0.15, 0.2) is 0 Å². The minimum absolute atomic E-state index is 0.213. The van der Waals surface area contributed by atoms with Crippen LogP contribution in [0.15, 0.2) is 54.6 Å². The van der Waals surface area contributed by atoms with E-state index in [1.54, 1.807) is 16.7 Å². The number of amides is 2. The first-order chi connectivity index (χ1) is 15.8. The van der Waals surface area contributed by atoms with Crippen LogP contribution in [0.1, 0.15) is 35.0 Å². The molecule has 2 aromatic carbocycles. The third kappa shape index (κ3) is 4.28. The Bertz CT molecular complexity index is 1170. The van der Waals surface area contributed by atoms with Gasteiger partial charge in [-0.25, -0.2) is 0 Å². The van der Waals surface area contributed by atoms with Gasteiger partial charge in [0.25, 0.3) is 5.91 Å². The van der Waals surface area contributed by atoms with Crippen LogP contribution >= 0.6 is 0 Å². The number of aryl methyl sites for hydroxylation is 2. The fourth-order valence-corrected chi connectivity index (χ4v) is 4.28. The Balaban J connectivity index is 1.78. The molecule has 1 atom stereocenters. The average Bonchev–Trinajstić information content (AvgIpc) is 3.23. The molecule has 2 heterocycles.